The van der Waals surface area contributed by atoms with Gasteiger partial charge < -0.3 is 0 Å². The topological polar surface area (TPSA) is 47.8 Å². The first-order valence-corrected chi connectivity index (χ1v) is 8.25. The molecule has 22 heavy (non-hydrogen) atoms. The summed E-state index contributed by atoms with van der Waals surface area (Å²) >= 11 is 0. The summed E-state index contributed by atoms with van der Waals surface area (Å²) in [7, 11) is 0. The molecule has 1 aliphatic rings. The lowest BCUT2D eigenvalue weighted by Gasteiger charge is -2.11. The van der Waals surface area contributed by atoms with Crippen LogP contribution in [0.5, 0.6) is 0 Å². The Kier molecular flexibility index (Phi) is 4.36. The van der Waals surface area contributed by atoms with Crippen LogP contribution in [0, 0.1) is 5.92 Å². The number of carbonyl (C=O) groups excluding carboxylic acids is 1. The van der Waals surface area contributed by atoms with Gasteiger partial charge in [0.2, 0.25) is 11.6 Å². The highest BCUT2D eigenvalue weighted by Crippen LogP contribution is 2.30. The third kappa shape index (κ3) is 2.82. The molecule has 4 heteroatoms. The molecular weight excluding hydrogens is 274 g/mol. The van der Waals surface area contributed by atoms with Crippen molar-refractivity contribution in [1.29, 1.82) is 0 Å². The van der Waals surface area contributed by atoms with Gasteiger partial charge in [-0.3, -0.25) is 4.79 Å². The lowest BCUT2D eigenvalue weighted by atomic mass is 9.99. The van der Waals surface area contributed by atoms with E-state index in [1.54, 1.807) is 0 Å². The molecule has 0 aliphatic carbocycles. The Morgan fingerprint density at radius 3 is 2.86 bits per heavy atom. The van der Waals surface area contributed by atoms with Gasteiger partial charge in [0.25, 0.3) is 0 Å². The van der Waals surface area contributed by atoms with Crippen LogP contribution in [0.1, 0.15) is 67.6 Å². The number of fused-ring (bicyclic) bond motifs is 1. The van der Waals surface area contributed by atoms with E-state index < -0.39 is 0 Å². The average Bonchev–Trinajstić information content (AvgIpc) is 3.13. The van der Waals surface area contributed by atoms with Crippen LogP contribution in [-0.4, -0.2) is 20.5 Å². The van der Waals surface area contributed by atoms with Crippen molar-refractivity contribution in [2.45, 2.75) is 52.0 Å². The Morgan fingerprint density at radius 1 is 1.36 bits per heavy atom. The van der Waals surface area contributed by atoms with Gasteiger partial charge in [-0.15, -0.1) is 5.10 Å². The first-order chi connectivity index (χ1) is 10.7. The molecule has 0 fully saturated rings. The van der Waals surface area contributed by atoms with Crippen molar-refractivity contribution in [3.63, 3.8) is 0 Å². The summed E-state index contributed by atoms with van der Waals surface area (Å²) in [5, 5.41) is 4.53. The molecule has 1 aromatic heterocycles. The van der Waals surface area contributed by atoms with Crippen molar-refractivity contribution in [3.05, 3.63) is 47.5 Å². The van der Waals surface area contributed by atoms with Gasteiger partial charge in [-0.25, -0.2) is 9.67 Å². The van der Waals surface area contributed by atoms with Gasteiger partial charge in [0, 0.05) is 12.3 Å². The first kappa shape index (κ1) is 14.9. The summed E-state index contributed by atoms with van der Waals surface area (Å²) in [6.45, 7) is 4.13. The number of hydrogen-bond acceptors (Lipinski definition) is 3. The van der Waals surface area contributed by atoms with Crippen LogP contribution in [0.3, 0.4) is 0 Å². The molecule has 1 aliphatic heterocycles. The fraction of sp³-hybridized carbons (Fsp3) is 0.500. The van der Waals surface area contributed by atoms with Crippen molar-refractivity contribution >= 4 is 5.78 Å². The van der Waals surface area contributed by atoms with E-state index in [0.717, 1.165) is 37.9 Å². The van der Waals surface area contributed by atoms with Gasteiger partial charge in [-0.2, -0.15) is 0 Å². The molecule has 0 saturated carbocycles. The average molecular weight is 297 g/mol. The fourth-order valence-corrected chi connectivity index (χ4v) is 3.11. The zero-order valence-corrected chi connectivity index (χ0v) is 13.3. The van der Waals surface area contributed by atoms with E-state index in [-0.39, 0.29) is 17.7 Å². The number of Topliss-reactive ketones (excluding diaryl/α,β-unsaturated/α-hetero) is 1. The van der Waals surface area contributed by atoms with Gasteiger partial charge in [-0.05, 0) is 18.4 Å². The predicted octanol–water partition coefficient (Wildman–Crippen LogP) is 3.82. The molecule has 1 aromatic carbocycles. The van der Waals surface area contributed by atoms with Crippen molar-refractivity contribution < 1.29 is 4.79 Å². The molecule has 116 valence electrons. The van der Waals surface area contributed by atoms with E-state index >= 15 is 0 Å². The Balaban J connectivity index is 1.80. The minimum Gasteiger partial charge on any atom is -0.290 e. The number of unbranched alkanes of at least 4 members (excludes halogenated alkanes) is 1. The van der Waals surface area contributed by atoms with Crippen LogP contribution in [0.15, 0.2) is 30.3 Å². The normalized spacial score (nSPS) is 18.2. The van der Waals surface area contributed by atoms with Gasteiger partial charge in [0.1, 0.15) is 5.82 Å². The predicted molar refractivity (Wildman–Crippen MR) is 85.9 cm³/mol. The zero-order chi connectivity index (χ0) is 15.5. The number of aromatic nitrogens is 3. The number of hydrogen-bond donors (Lipinski definition) is 0. The number of aryl methyl sites for hydroxylation is 1. The molecule has 3 rings (SSSR count). The number of benzene rings is 1. The molecule has 0 bridgehead atoms. The molecule has 2 atom stereocenters. The number of carbonyl (C=O) groups is 1. The van der Waals surface area contributed by atoms with Crippen LogP contribution in [0.25, 0.3) is 0 Å². The van der Waals surface area contributed by atoms with E-state index in [4.69, 9.17) is 0 Å². The smallest absolute Gasteiger partial charge is 0.217 e. The summed E-state index contributed by atoms with van der Waals surface area (Å²) in [4.78, 5) is 17.0. The fourth-order valence-electron chi connectivity index (χ4n) is 3.11. The SMILES string of the molecule is CCCCC(C)C(=O)c1nc2n(n1)C(c1ccccc1)CC2. The second kappa shape index (κ2) is 6.42. The van der Waals surface area contributed by atoms with Crippen molar-refractivity contribution in [3.8, 4) is 0 Å². The molecule has 0 radical (unpaired) electrons. The van der Waals surface area contributed by atoms with Crippen LogP contribution < -0.4 is 0 Å². The summed E-state index contributed by atoms with van der Waals surface area (Å²) in [6, 6.07) is 10.6. The largest absolute Gasteiger partial charge is 0.290 e. The van der Waals surface area contributed by atoms with Gasteiger partial charge in [0.15, 0.2) is 0 Å². The Bertz CT molecular complexity index is 648. The first-order valence-electron chi connectivity index (χ1n) is 8.25. The van der Waals surface area contributed by atoms with Gasteiger partial charge in [-0.1, -0.05) is 57.0 Å². The summed E-state index contributed by atoms with van der Waals surface area (Å²) < 4.78 is 1.95. The number of ketones is 1. The number of nitrogens with zero attached hydrogens (tertiary/aromatic N) is 3. The standard InChI is InChI=1S/C18H23N3O/c1-3-4-8-13(2)17(22)18-19-16-12-11-15(21(16)20-18)14-9-6-5-7-10-14/h5-7,9-10,13,15H,3-4,8,11-12H2,1-2H3. The third-order valence-electron chi connectivity index (χ3n) is 4.48. The Labute approximate surface area is 131 Å². The highest BCUT2D eigenvalue weighted by atomic mass is 16.1. The maximum Gasteiger partial charge on any atom is 0.217 e. The van der Waals surface area contributed by atoms with Gasteiger partial charge in [0.05, 0.1) is 6.04 Å². The second-order valence-corrected chi connectivity index (χ2v) is 6.17. The highest BCUT2D eigenvalue weighted by Gasteiger charge is 2.29. The Hall–Kier alpha value is -1.97. The summed E-state index contributed by atoms with van der Waals surface area (Å²) in [5.74, 6) is 1.44. The molecule has 0 spiro atoms. The minimum absolute atomic E-state index is 0.0123. The van der Waals surface area contributed by atoms with Crippen molar-refractivity contribution in [1.82, 2.24) is 14.8 Å². The monoisotopic (exact) mass is 297 g/mol. The summed E-state index contributed by atoms with van der Waals surface area (Å²) in [5.41, 5.74) is 1.24. The van der Waals surface area contributed by atoms with Crippen molar-refractivity contribution in [2.75, 3.05) is 0 Å². The quantitative estimate of drug-likeness (QED) is 0.761. The highest BCUT2D eigenvalue weighted by molar-refractivity contribution is 5.94. The molecular formula is C18H23N3O. The summed E-state index contributed by atoms with van der Waals surface area (Å²) in [6.07, 6.45) is 5.01. The molecule has 0 saturated heterocycles. The van der Waals surface area contributed by atoms with Crippen LogP contribution >= 0.6 is 0 Å². The Morgan fingerprint density at radius 2 is 2.14 bits per heavy atom. The van der Waals surface area contributed by atoms with E-state index in [9.17, 15) is 4.79 Å². The molecule has 0 amide bonds. The maximum absolute atomic E-state index is 12.5. The molecule has 2 aromatic rings. The second-order valence-electron chi connectivity index (χ2n) is 6.17. The van der Waals surface area contributed by atoms with Crippen molar-refractivity contribution in [2.24, 2.45) is 5.92 Å². The lowest BCUT2D eigenvalue weighted by Crippen LogP contribution is -2.15. The lowest BCUT2D eigenvalue weighted by molar-refractivity contribution is 0.0911. The number of rotatable bonds is 6. The third-order valence-corrected chi connectivity index (χ3v) is 4.48. The zero-order valence-electron chi connectivity index (χ0n) is 13.3. The van der Waals surface area contributed by atoms with E-state index in [1.807, 2.05) is 29.8 Å². The molecule has 2 heterocycles. The van der Waals surface area contributed by atoms with E-state index in [2.05, 4.69) is 29.1 Å². The van der Waals surface area contributed by atoms with Crippen LogP contribution in [-0.2, 0) is 6.42 Å². The van der Waals surface area contributed by atoms with Crippen LogP contribution in [0.4, 0.5) is 0 Å². The minimum atomic E-state index is 0.0123. The maximum atomic E-state index is 12.5. The van der Waals surface area contributed by atoms with Crippen LogP contribution in [0.2, 0.25) is 0 Å². The molecule has 2 unspecified atom stereocenters. The molecule has 4 nitrogen and oxygen atoms in total. The van der Waals surface area contributed by atoms with Gasteiger partial charge >= 0.3 is 0 Å². The molecule has 0 N–H and O–H groups in total. The van der Waals surface area contributed by atoms with E-state index in [0.29, 0.717) is 5.82 Å². The van der Waals surface area contributed by atoms with E-state index in [1.165, 1.54) is 5.56 Å².